The van der Waals surface area contributed by atoms with Gasteiger partial charge in [0.1, 0.15) is 0 Å². The minimum absolute atomic E-state index is 0.0104. The number of aromatic nitrogens is 1. The molecule has 0 atom stereocenters. The summed E-state index contributed by atoms with van der Waals surface area (Å²) in [4.78, 5) is 15.6. The summed E-state index contributed by atoms with van der Waals surface area (Å²) in [5, 5.41) is 0. The molecule has 0 radical (unpaired) electrons. The number of fused-ring (bicyclic) bond motifs is 1. The predicted octanol–water partition coefficient (Wildman–Crippen LogP) is 1.10. The van der Waals surface area contributed by atoms with E-state index < -0.39 is 0 Å². The molecule has 0 amide bonds. The average Bonchev–Trinajstić information content (AvgIpc) is 2.27. The predicted molar refractivity (Wildman–Crippen MR) is 54.3 cm³/mol. The van der Waals surface area contributed by atoms with Crippen molar-refractivity contribution in [3.05, 3.63) is 29.1 Å². The summed E-state index contributed by atoms with van der Waals surface area (Å²) >= 11 is 0. The average molecular weight is 190 g/mol. The van der Waals surface area contributed by atoms with Crippen molar-refractivity contribution in [2.45, 2.75) is 25.7 Å². The van der Waals surface area contributed by atoms with E-state index in [4.69, 9.17) is 5.73 Å². The molecule has 1 aliphatic carbocycles. The minimum atomic E-state index is 0.0104. The topological polar surface area (TPSA) is 56.0 Å². The van der Waals surface area contributed by atoms with Crippen molar-refractivity contribution in [3.63, 3.8) is 0 Å². The zero-order chi connectivity index (χ0) is 9.97. The Kier molecular flexibility index (Phi) is 2.59. The highest BCUT2D eigenvalue weighted by Crippen LogP contribution is 2.23. The summed E-state index contributed by atoms with van der Waals surface area (Å²) < 4.78 is 0. The van der Waals surface area contributed by atoms with Crippen molar-refractivity contribution in [3.8, 4) is 0 Å². The van der Waals surface area contributed by atoms with Crippen molar-refractivity contribution < 1.29 is 4.79 Å². The van der Waals surface area contributed by atoms with Crippen molar-refractivity contribution in [1.29, 1.82) is 0 Å². The molecule has 14 heavy (non-hydrogen) atoms. The van der Waals surface area contributed by atoms with Gasteiger partial charge >= 0.3 is 0 Å². The van der Waals surface area contributed by atoms with Gasteiger partial charge in [0.05, 0.1) is 6.54 Å². The molecule has 1 aliphatic rings. The van der Waals surface area contributed by atoms with Gasteiger partial charge in [-0.05, 0) is 36.8 Å². The van der Waals surface area contributed by atoms with Gasteiger partial charge in [-0.1, -0.05) is 0 Å². The number of nitrogens with zero attached hydrogens (tertiary/aromatic N) is 1. The molecule has 1 aromatic heterocycles. The lowest BCUT2D eigenvalue weighted by molar-refractivity contribution is 0.1000. The SMILES string of the molecule is NCC(=O)c1cncc2c1CCCC2. The van der Waals surface area contributed by atoms with Crippen molar-refractivity contribution in [2.24, 2.45) is 5.73 Å². The molecule has 0 aromatic carbocycles. The number of pyridine rings is 1. The van der Waals surface area contributed by atoms with Crippen LogP contribution in [0.5, 0.6) is 0 Å². The first-order valence-electron chi connectivity index (χ1n) is 5.02. The Morgan fingerprint density at radius 3 is 2.93 bits per heavy atom. The van der Waals surface area contributed by atoms with Crippen LogP contribution in [0, 0.1) is 0 Å². The van der Waals surface area contributed by atoms with E-state index in [1.54, 1.807) is 6.20 Å². The van der Waals surface area contributed by atoms with Crippen LogP contribution in [-0.2, 0) is 12.8 Å². The molecule has 3 nitrogen and oxygen atoms in total. The molecule has 1 aromatic rings. The molecule has 0 unspecified atom stereocenters. The fraction of sp³-hybridized carbons (Fsp3) is 0.455. The van der Waals surface area contributed by atoms with Crippen LogP contribution in [0.4, 0.5) is 0 Å². The number of carbonyl (C=O) groups is 1. The Bertz CT molecular complexity index is 360. The van der Waals surface area contributed by atoms with Crippen molar-refractivity contribution in [2.75, 3.05) is 6.54 Å². The molecule has 0 saturated carbocycles. The van der Waals surface area contributed by atoms with E-state index in [0.717, 1.165) is 18.4 Å². The highest BCUT2D eigenvalue weighted by Gasteiger charge is 2.16. The van der Waals surface area contributed by atoms with Crippen molar-refractivity contribution in [1.82, 2.24) is 4.98 Å². The lowest BCUT2D eigenvalue weighted by Gasteiger charge is -2.17. The lowest BCUT2D eigenvalue weighted by atomic mass is 9.89. The molecule has 0 bridgehead atoms. The number of rotatable bonds is 2. The summed E-state index contributed by atoms with van der Waals surface area (Å²) in [6, 6.07) is 0. The van der Waals surface area contributed by atoms with Gasteiger partial charge < -0.3 is 5.73 Å². The van der Waals surface area contributed by atoms with Gasteiger partial charge in [0.2, 0.25) is 0 Å². The van der Waals surface area contributed by atoms with Gasteiger partial charge in [-0.25, -0.2) is 0 Å². The fourth-order valence-corrected chi connectivity index (χ4v) is 2.01. The molecular formula is C11H14N2O. The summed E-state index contributed by atoms with van der Waals surface area (Å²) in [5.74, 6) is 0.0104. The molecule has 3 heteroatoms. The second-order valence-corrected chi connectivity index (χ2v) is 3.66. The molecule has 2 N–H and O–H groups in total. The Labute approximate surface area is 83.3 Å². The highest BCUT2D eigenvalue weighted by atomic mass is 16.1. The lowest BCUT2D eigenvalue weighted by Crippen LogP contribution is -2.18. The van der Waals surface area contributed by atoms with Crippen LogP contribution in [0.15, 0.2) is 12.4 Å². The Hall–Kier alpha value is -1.22. The summed E-state index contributed by atoms with van der Waals surface area (Å²) in [6.45, 7) is 0.0815. The molecule has 0 spiro atoms. The van der Waals surface area contributed by atoms with Crippen molar-refractivity contribution >= 4 is 5.78 Å². The monoisotopic (exact) mass is 190 g/mol. The van der Waals surface area contributed by atoms with Crippen LogP contribution >= 0.6 is 0 Å². The van der Waals surface area contributed by atoms with E-state index in [2.05, 4.69) is 4.98 Å². The Balaban J connectivity index is 2.45. The maximum Gasteiger partial charge on any atom is 0.178 e. The number of nitrogens with two attached hydrogens (primary N) is 1. The third-order valence-corrected chi connectivity index (χ3v) is 2.76. The number of hydrogen-bond acceptors (Lipinski definition) is 3. The van der Waals surface area contributed by atoms with E-state index in [0.29, 0.717) is 0 Å². The third-order valence-electron chi connectivity index (χ3n) is 2.76. The largest absolute Gasteiger partial charge is 0.324 e. The van der Waals surface area contributed by atoms with Gasteiger partial charge in [0.25, 0.3) is 0 Å². The molecule has 0 fully saturated rings. The summed E-state index contributed by atoms with van der Waals surface area (Å²) in [7, 11) is 0. The van der Waals surface area contributed by atoms with Crippen LogP contribution < -0.4 is 5.73 Å². The number of aryl methyl sites for hydroxylation is 1. The smallest absolute Gasteiger partial charge is 0.178 e. The zero-order valence-corrected chi connectivity index (χ0v) is 8.12. The van der Waals surface area contributed by atoms with Gasteiger partial charge in [-0.3, -0.25) is 9.78 Å². The normalized spacial score (nSPS) is 14.9. The van der Waals surface area contributed by atoms with Crippen LogP contribution in [0.25, 0.3) is 0 Å². The Morgan fingerprint density at radius 2 is 2.14 bits per heavy atom. The van der Waals surface area contributed by atoms with Gasteiger partial charge in [-0.2, -0.15) is 0 Å². The molecule has 1 heterocycles. The number of hydrogen-bond donors (Lipinski definition) is 1. The molecule has 0 saturated heterocycles. The first-order valence-corrected chi connectivity index (χ1v) is 5.02. The molecule has 2 rings (SSSR count). The van der Waals surface area contributed by atoms with E-state index in [9.17, 15) is 4.79 Å². The Morgan fingerprint density at radius 1 is 1.36 bits per heavy atom. The second kappa shape index (κ2) is 3.88. The summed E-state index contributed by atoms with van der Waals surface area (Å²) in [5.41, 5.74) is 8.51. The number of carbonyl (C=O) groups excluding carboxylic acids is 1. The van der Waals surface area contributed by atoms with Crippen LogP contribution in [0.2, 0.25) is 0 Å². The maximum atomic E-state index is 11.5. The van der Waals surface area contributed by atoms with E-state index >= 15 is 0 Å². The van der Waals surface area contributed by atoms with Crippen LogP contribution in [0.1, 0.15) is 34.3 Å². The quantitative estimate of drug-likeness (QED) is 0.710. The zero-order valence-electron chi connectivity index (χ0n) is 8.12. The van der Waals surface area contributed by atoms with Crippen LogP contribution in [0.3, 0.4) is 0 Å². The number of ketones is 1. The van der Waals surface area contributed by atoms with Gasteiger partial charge in [0, 0.05) is 18.0 Å². The maximum absolute atomic E-state index is 11.5. The van der Waals surface area contributed by atoms with E-state index in [-0.39, 0.29) is 12.3 Å². The fourth-order valence-electron chi connectivity index (χ4n) is 2.01. The first-order chi connectivity index (χ1) is 6.83. The summed E-state index contributed by atoms with van der Waals surface area (Å²) in [6.07, 6.45) is 7.95. The number of Topliss-reactive ketones (excluding diaryl/α,β-unsaturated/α-hetero) is 1. The van der Waals surface area contributed by atoms with E-state index in [1.165, 1.54) is 24.0 Å². The molecule has 74 valence electrons. The first kappa shape index (κ1) is 9.34. The highest BCUT2D eigenvalue weighted by molar-refractivity contribution is 5.98. The van der Waals surface area contributed by atoms with Gasteiger partial charge in [-0.15, -0.1) is 0 Å². The molecule has 0 aliphatic heterocycles. The molecular weight excluding hydrogens is 176 g/mol. The van der Waals surface area contributed by atoms with E-state index in [1.807, 2.05) is 6.20 Å². The third kappa shape index (κ3) is 1.55. The second-order valence-electron chi connectivity index (χ2n) is 3.66. The van der Waals surface area contributed by atoms with Crippen LogP contribution in [-0.4, -0.2) is 17.3 Å². The van der Waals surface area contributed by atoms with Gasteiger partial charge in [0.15, 0.2) is 5.78 Å². The standard InChI is InChI=1S/C11H14N2O/c12-5-11(14)10-7-13-6-8-3-1-2-4-9(8)10/h6-7H,1-5,12H2. The minimum Gasteiger partial charge on any atom is -0.324 e.